The molecule has 15 heavy (non-hydrogen) atoms. The van der Waals surface area contributed by atoms with Crippen LogP contribution in [-0.2, 0) is 0 Å². The standard InChI is InChI=1S/C11H23N3O/c1-3-13(4-2)11(15)14(9-5-8-12)10-6-7-10/h10H,3-9,12H2,1-2H3. The maximum atomic E-state index is 12.1. The summed E-state index contributed by atoms with van der Waals surface area (Å²) in [6.45, 7) is 7.11. The highest BCUT2D eigenvalue weighted by Gasteiger charge is 2.33. The van der Waals surface area contributed by atoms with Crippen LogP contribution in [0.25, 0.3) is 0 Å². The third-order valence-corrected chi connectivity index (χ3v) is 2.87. The zero-order valence-corrected chi connectivity index (χ0v) is 9.91. The Bertz CT molecular complexity index is 200. The highest BCUT2D eigenvalue weighted by atomic mass is 16.2. The van der Waals surface area contributed by atoms with Crippen molar-refractivity contribution in [1.82, 2.24) is 9.80 Å². The smallest absolute Gasteiger partial charge is 0.320 e. The molecule has 1 fully saturated rings. The number of carbonyl (C=O) groups is 1. The average Bonchev–Trinajstić information content (AvgIpc) is 3.04. The molecule has 1 aliphatic rings. The Labute approximate surface area is 92.4 Å². The molecule has 4 heteroatoms. The molecule has 0 spiro atoms. The Morgan fingerprint density at radius 1 is 1.33 bits per heavy atom. The fraction of sp³-hybridized carbons (Fsp3) is 0.909. The summed E-state index contributed by atoms with van der Waals surface area (Å²) in [7, 11) is 0. The Kier molecular flexibility index (Phi) is 4.88. The van der Waals surface area contributed by atoms with Crippen LogP contribution in [0.1, 0.15) is 33.1 Å². The Morgan fingerprint density at radius 2 is 1.93 bits per heavy atom. The molecule has 1 saturated carbocycles. The number of nitrogens with zero attached hydrogens (tertiary/aromatic N) is 2. The summed E-state index contributed by atoms with van der Waals surface area (Å²) in [6, 6.07) is 0.681. The Hall–Kier alpha value is -0.770. The molecule has 1 aliphatic carbocycles. The van der Waals surface area contributed by atoms with E-state index in [4.69, 9.17) is 5.73 Å². The molecule has 0 bridgehead atoms. The van der Waals surface area contributed by atoms with Crippen LogP contribution in [0.5, 0.6) is 0 Å². The van der Waals surface area contributed by atoms with E-state index in [2.05, 4.69) is 0 Å². The topological polar surface area (TPSA) is 49.6 Å². The van der Waals surface area contributed by atoms with Crippen LogP contribution < -0.4 is 5.73 Å². The summed E-state index contributed by atoms with van der Waals surface area (Å²) in [6.07, 6.45) is 3.23. The van der Waals surface area contributed by atoms with Gasteiger partial charge in [-0.15, -0.1) is 0 Å². The normalized spacial score (nSPS) is 15.1. The molecule has 0 radical (unpaired) electrons. The maximum absolute atomic E-state index is 12.1. The van der Waals surface area contributed by atoms with Gasteiger partial charge in [0.2, 0.25) is 0 Å². The molecule has 1 rings (SSSR count). The second kappa shape index (κ2) is 5.95. The molecule has 4 nitrogen and oxygen atoms in total. The molecular formula is C11H23N3O. The number of hydrogen-bond donors (Lipinski definition) is 1. The largest absolute Gasteiger partial charge is 0.330 e. The van der Waals surface area contributed by atoms with Gasteiger partial charge in [-0.1, -0.05) is 0 Å². The van der Waals surface area contributed by atoms with E-state index >= 15 is 0 Å². The molecule has 0 heterocycles. The van der Waals surface area contributed by atoms with Gasteiger partial charge in [0.1, 0.15) is 0 Å². The van der Waals surface area contributed by atoms with E-state index in [1.165, 1.54) is 0 Å². The van der Waals surface area contributed by atoms with E-state index in [0.29, 0.717) is 12.6 Å². The van der Waals surface area contributed by atoms with E-state index < -0.39 is 0 Å². The van der Waals surface area contributed by atoms with Gasteiger partial charge < -0.3 is 15.5 Å². The lowest BCUT2D eigenvalue weighted by atomic mass is 10.3. The maximum Gasteiger partial charge on any atom is 0.320 e. The van der Waals surface area contributed by atoms with Gasteiger partial charge in [0, 0.05) is 25.7 Å². The minimum atomic E-state index is 0.191. The molecule has 0 aliphatic heterocycles. The SMILES string of the molecule is CCN(CC)C(=O)N(CCCN)C1CC1. The Morgan fingerprint density at radius 3 is 2.33 bits per heavy atom. The number of amides is 2. The first-order valence-corrected chi connectivity index (χ1v) is 6.00. The van der Waals surface area contributed by atoms with Gasteiger partial charge >= 0.3 is 6.03 Å². The third-order valence-electron chi connectivity index (χ3n) is 2.87. The van der Waals surface area contributed by atoms with Crippen LogP contribution in [0.4, 0.5) is 4.79 Å². The van der Waals surface area contributed by atoms with Crippen molar-refractivity contribution >= 4 is 6.03 Å². The van der Waals surface area contributed by atoms with Crippen LogP contribution in [-0.4, -0.2) is 48.1 Å². The number of carbonyl (C=O) groups excluding carboxylic acids is 1. The molecular weight excluding hydrogens is 190 g/mol. The summed E-state index contributed by atoms with van der Waals surface area (Å²) in [5, 5.41) is 0. The average molecular weight is 213 g/mol. The number of rotatable bonds is 6. The van der Waals surface area contributed by atoms with Crippen molar-refractivity contribution in [2.75, 3.05) is 26.2 Å². The summed E-state index contributed by atoms with van der Waals surface area (Å²) in [5.74, 6) is 0. The molecule has 88 valence electrons. The summed E-state index contributed by atoms with van der Waals surface area (Å²) in [4.78, 5) is 16.0. The molecule has 0 saturated heterocycles. The summed E-state index contributed by atoms with van der Waals surface area (Å²) >= 11 is 0. The summed E-state index contributed by atoms with van der Waals surface area (Å²) in [5.41, 5.74) is 5.49. The van der Waals surface area contributed by atoms with E-state index in [0.717, 1.165) is 38.9 Å². The van der Waals surface area contributed by atoms with Crippen molar-refractivity contribution in [2.24, 2.45) is 5.73 Å². The highest BCUT2D eigenvalue weighted by Crippen LogP contribution is 2.27. The lowest BCUT2D eigenvalue weighted by molar-refractivity contribution is 0.154. The van der Waals surface area contributed by atoms with Gasteiger partial charge in [-0.3, -0.25) is 0 Å². The fourth-order valence-corrected chi connectivity index (χ4v) is 1.76. The van der Waals surface area contributed by atoms with Crippen molar-refractivity contribution in [3.05, 3.63) is 0 Å². The second-order valence-corrected chi connectivity index (χ2v) is 4.02. The van der Waals surface area contributed by atoms with Gasteiger partial charge in [-0.25, -0.2) is 4.79 Å². The predicted molar refractivity (Wildman–Crippen MR) is 61.7 cm³/mol. The van der Waals surface area contributed by atoms with E-state index in [1.807, 2.05) is 23.6 Å². The number of hydrogen-bond acceptors (Lipinski definition) is 2. The van der Waals surface area contributed by atoms with Gasteiger partial charge in [0.05, 0.1) is 0 Å². The highest BCUT2D eigenvalue weighted by molar-refractivity contribution is 5.75. The molecule has 0 atom stereocenters. The van der Waals surface area contributed by atoms with Crippen molar-refractivity contribution < 1.29 is 4.79 Å². The first-order chi connectivity index (χ1) is 7.24. The monoisotopic (exact) mass is 213 g/mol. The minimum Gasteiger partial charge on any atom is -0.330 e. The first kappa shape index (κ1) is 12.3. The van der Waals surface area contributed by atoms with E-state index in [1.54, 1.807) is 0 Å². The van der Waals surface area contributed by atoms with Gasteiger partial charge in [0.25, 0.3) is 0 Å². The van der Waals surface area contributed by atoms with Crippen molar-refractivity contribution in [1.29, 1.82) is 0 Å². The van der Waals surface area contributed by atoms with Crippen LogP contribution in [0.2, 0.25) is 0 Å². The van der Waals surface area contributed by atoms with Crippen molar-refractivity contribution in [2.45, 2.75) is 39.2 Å². The first-order valence-electron chi connectivity index (χ1n) is 6.00. The molecule has 2 amide bonds. The molecule has 0 aromatic heterocycles. The van der Waals surface area contributed by atoms with Gasteiger partial charge in [-0.05, 0) is 39.7 Å². The van der Waals surface area contributed by atoms with Crippen molar-refractivity contribution in [3.8, 4) is 0 Å². The quantitative estimate of drug-likeness (QED) is 0.722. The fourth-order valence-electron chi connectivity index (χ4n) is 1.76. The number of nitrogens with two attached hydrogens (primary N) is 1. The second-order valence-electron chi connectivity index (χ2n) is 4.02. The van der Waals surface area contributed by atoms with Crippen molar-refractivity contribution in [3.63, 3.8) is 0 Å². The zero-order valence-electron chi connectivity index (χ0n) is 9.91. The molecule has 0 unspecified atom stereocenters. The lowest BCUT2D eigenvalue weighted by Crippen LogP contribution is -2.45. The predicted octanol–water partition coefficient (Wildman–Crippen LogP) is 1.26. The minimum absolute atomic E-state index is 0.191. The molecule has 2 N–H and O–H groups in total. The zero-order chi connectivity index (χ0) is 11.3. The van der Waals surface area contributed by atoms with Crippen LogP contribution in [0.3, 0.4) is 0 Å². The van der Waals surface area contributed by atoms with Crippen LogP contribution >= 0.6 is 0 Å². The molecule has 0 aromatic carbocycles. The number of urea groups is 1. The van der Waals surface area contributed by atoms with E-state index in [9.17, 15) is 4.79 Å². The lowest BCUT2D eigenvalue weighted by Gasteiger charge is -2.29. The van der Waals surface area contributed by atoms with E-state index in [-0.39, 0.29) is 6.03 Å². The molecule has 0 aromatic rings. The third kappa shape index (κ3) is 3.38. The van der Waals surface area contributed by atoms with Gasteiger partial charge in [0.15, 0.2) is 0 Å². The van der Waals surface area contributed by atoms with Crippen LogP contribution in [0.15, 0.2) is 0 Å². The summed E-state index contributed by atoms with van der Waals surface area (Å²) < 4.78 is 0. The van der Waals surface area contributed by atoms with Gasteiger partial charge in [-0.2, -0.15) is 0 Å². The Balaban J connectivity index is 2.49. The van der Waals surface area contributed by atoms with Crippen LogP contribution in [0, 0.1) is 0 Å².